The molecule has 1 aliphatic carbocycles. The number of ether oxygens (including phenoxy) is 2. The fourth-order valence-corrected chi connectivity index (χ4v) is 2.85. The Labute approximate surface area is 114 Å². The lowest BCUT2D eigenvalue weighted by Crippen LogP contribution is -2.53. The molecule has 2 nitrogen and oxygen atoms in total. The van der Waals surface area contributed by atoms with E-state index in [1.54, 1.807) is 7.11 Å². The normalized spacial score (nSPS) is 30.9. The van der Waals surface area contributed by atoms with Crippen LogP contribution in [0.2, 0.25) is 0 Å². The van der Waals surface area contributed by atoms with E-state index >= 15 is 0 Å². The molecule has 100 valence electrons. The smallest absolute Gasteiger partial charge is 0.118 e. The highest BCUT2D eigenvalue weighted by molar-refractivity contribution is 6.21. The standard InChI is InChI=1S/C15H21ClO2/c1-4-15(2)13(16)9-14(15)18-10-11-5-7-12(17-3)8-6-11/h5-8,13-14H,4,9-10H2,1-3H3. The third kappa shape index (κ3) is 2.50. The highest BCUT2D eigenvalue weighted by Gasteiger charge is 2.50. The first-order chi connectivity index (χ1) is 8.60. The molecule has 0 saturated heterocycles. The molecule has 0 aromatic heterocycles. The maximum atomic E-state index is 6.28. The highest BCUT2D eigenvalue weighted by atomic mass is 35.5. The first-order valence-corrected chi connectivity index (χ1v) is 6.92. The third-order valence-electron chi connectivity index (χ3n) is 4.24. The van der Waals surface area contributed by atoms with Crippen LogP contribution in [0.5, 0.6) is 5.75 Å². The lowest BCUT2D eigenvalue weighted by molar-refractivity contribution is -0.108. The van der Waals surface area contributed by atoms with E-state index in [1.165, 1.54) is 5.56 Å². The van der Waals surface area contributed by atoms with Gasteiger partial charge in [0.2, 0.25) is 0 Å². The summed E-state index contributed by atoms with van der Waals surface area (Å²) in [6.07, 6.45) is 2.31. The number of rotatable bonds is 5. The Kier molecular flexibility index (Phi) is 4.18. The van der Waals surface area contributed by atoms with E-state index in [2.05, 4.69) is 13.8 Å². The molecule has 0 aliphatic heterocycles. The SMILES string of the molecule is CCC1(C)C(Cl)CC1OCc1ccc(OC)cc1. The van der Waals surface area contributed by atoms with Crippen molar-refractivity contribution in [2.24, 2.45) is 5.41 Å². The molecule has 1 saturated carbocycles. The van der Waals surface area contributed by atoms with Gasteiger partial charge in [0.25, 0.3) is 0 Å². The van der Waals surface area contributed by atoms with Crippen molar-refractivity contribution in [1.82, 2.24) is 0 Å². The van der Waals surface area contributed by atoms with E-state index in [4.69, 9.17) is 21.1 Å². The minimum atomic E-state index is 0.133. The van der Waals surface area contributed by atoms with Gasteiger partial charge in [-0.15, -0.1) is 11.6 Å². The molecular weight excluding hydrogens is 248 g/mol. The maximum absolute atomic E-state index is 6.28. The highest BCUT2D eigenvalue weighted by Crippen LogP contribution is 2.49. The number of hydrogen-bond donors (Lipinski definition) is 0. The Hall–Kier alpha value is -0.730. The minimum absolute atomic E-state index is 0.133. The summed E-state index contributed by atoms with van der Waals surface area (Å²) in [5.41, 5.74) is 1.31. The lowest BCUT2D eigenvalue weighted by Gasteiger charge is -2.50. The molecule has 1 aromatic carbocycles. The zero-order valence-electron chi connectivity index (χ0n) is 11.3. The summed E-state index contributed by atoms with van der Waals surface area (Å²) in [5, 5.41) is 0.253. The average molecular weight is 269 g/mol. The second-order valence-electron chi connectivity index (χ2n) is 5.21. The zero-order chi connectivity index (χ0) is 13.2. The zero-order valence-corrected chi connectivity index (χ0v) is 12.0. The molecule has 0 amide bonds. The molecule has 0 heterocycles. The summed E-state index contributed by atoms with van der Waals surface area (Å²) in [6, 6.07) is 8.00. The fourth-order valence-electron chi connectivity index (χ4n) is 2.39. The monoisotopic (exact) mass is 268 g/mol. The van der Waals surface area contributed by atoms with Crippen LogP contribution in [0, 0.1) is 5.41 Å². The summed E-state index contributed by atoms with van der Waals surface area (Å²) < 4.78 is 11.1. The third-order valence-corrected chi connectivity index (χ3v) is 4.92. The van der Waals surface area contributed by atoms with Crippen LogP contribution in [-0.2, 0) is 11.3 Å². The molecule has 1 aromatic rings. The molecule has 2 rings (SSSR count). The molecular formula is C15H21ClO2. The van der Waals surface area contributed by atoms with Crippen molar-refractivity contribution in [3.63, 3.8) is 0 Å². The van der Waals surface area contributed by atoms with Crippen LogP contribution in [0.4, 0.5) is 0 Å². The van der Waals surface area contributed by atoms with Crippen molar-refractivity contribution in [3.05, 3.63) is 29.8 Å². The van der Waals surface area contributed by atoms with Gasteiger partial charge in [-0.2, -0.15) is 0 Å². The van der Waals surface area contributed by atoms with Crippen molar-refractivity contribution < 1.29 is 9.47 Å². The number of alkyl halides is 1. The van der Waals surface area contributed by atoms with E-state index in [0.717, 1.165) is 18.6 Å². The topological polar surface area (TPSA) is 18.5 Å². The Morgan fingerprint density at radius 3 is 2.50 bits per heavy atom. The summed E-state index contributed by atoms with van der Waals surface area (Å²) in [4.78, 5) is 0. The van der Waals surface area contributed by atoms with Gasteiger partial charge in [-0.3, -0.25) is 0 Å². The van der Waals surface area contributed by atoms with Crippen molar-refractivity contribution in [3.8, 4) is 5.75 Å². The molecule has 3 atom stereocenters. The summed E-state index contributed by atoms with van der Waals surface area (Å²) >= 11 is 6.28. The van der Waals surface area contributed by atoms with E-state index in [1.807, 2.05) is 24.3 Å². The number of benzene rings is 1. The van der Waals surface area contributed by atoms with Gasteiger partial charge in [-0.05, 0) is 30.5 Å². The molecule has 1 aliphatic rings. The van der Waals surface area contributed by atoms with Gasteiger partial charge in [0.1, 0.15) is 5.75 Å². The second kappa shape index (κ2) is 5.50. The summed E-state index contributed by atoms with van der Waals surface area (Å²) in [6.45, 7) is 5.04. The quantitative estimate of drug-likeness (QED) is 0.752. The van der Waals surface area contributed by atoms with Gasteiger partial charge in [-0.25, -0.2) is 0 Å². The van der Waals surface area contributed by atoms with Crippen LogP contribution in [0.25, 0.3) is 0 Å². The predicted octanol–water partition coefficient (Wildman–Crippen LogP) is 4.01. The lowest BCUT2D eigenvalue weighted by atomic mass is 9.65. The van der Waals surface area contributed by atoms with Crippen LogP contribution in [-0.4, -0.2) is 18.6 Å². The molecule has 0 spiro atoms. The van der Waals surface area contributed by atoms with Crippen LogP contribution >= 0.6 is 11.6 Å². The number of hydrogen-bond acceptors (Lipinski definition) is 2. The largest absolute Gasteiger partial charge is 0.497 e. The van der Waals surface area contributed by atoms with Crippen molar-refractivity contribution in [1.29, 1.82) is 0 Å². The fraction of sp³-hybridized carbons (Fsp3) is 0.600. The summed E-state index contributed by atoms with van der Waals surface area (Å²) in [7, 11) is 1.67. The number of halogens is 1. The van der Waals surface area contributed by atoms with Gasteiger partial charge in [0.15, 0.2) is 0 Å². The molecule has 3 unspecified atom stereocenters. The van der Waals surface area contributed by atoms with Crippen LogP contribution < -0.4 is 4.74 Å². The Morgan fingerprint density at radius 2 is 2.00 bits per heavy atom. The molecule has 3 heteroatoms. The minimum Gasteiger partial charge on any atom is -0.497 e. The van der Waals surface area contributed by atoms with Crippen molar-refractivity contribution in [2.45, 2.75) is 44.8 Å². The van der Waals surface area contributed by atoms with Gasteiger partial charge < -0.3 is 9.47 Å². The van der Waals surface area contributed by atoms with Gasteiger partial charge in [0.05, 0.1) is 19.8 Å². The van der Waals surface area contributed by atoms with Gasteiger partial charge in [0, 0.05) is 10.8 Å². The molecule has 1 fully saturated rings. The van der Waals surface area contributed by atoms with Crippen molar-refractivity contribution in [2.75, 3.05) is 7.11 Å². The Bertz CT molecular complexity index is 390. The van der Waals surface area contributed by atoms with E-state index in [-0.39, 0.29) is 16.9 Å². The molecule has 0 N–H and O–H groups in total. The summed E-state index contributed by atoms with van der Waals surface area (Å²) in [5.74, 6) is 0.876. The van der Waals surface area contributed by atoms with Crippen LogP contribution in [0.1, 0.15) is 32.3 Å². The molecule has 0 bridgehead atoms. The average Bonchev–Trinajstić information content (AvgIpc) is 2.42. The maximum Gasteiger partial charge on any atom is 0.118 e. The van der Waals surface area contributed by atoms with Crippen LogP contribution in [0.15, 0.2) is 24.3 Å². The second-order valence-corrected chi connectivity index (χ2v) is 5.74. The van der Waals surface area contributed by atoms with Crippen LogP contribution in [0.3, 0.4) is 0 Å². The first-order valence-electron chi connectivity index (χ1n) is 6.48. The Balaban J connectivity index is 1.88. The van der Waals surface area contributed by atoms with E-state index < -0.39 is 0 Å². The first kappa shape index (κ1) is 13.7. The molecule has 0 radical (unpaired) electrons. The Morgan fingerprint density at radius 1 is 1.33 bits per heavy atom. The van der Waals surface area contributed by atoms with E-state index in [9.17, 15) is 0 Å². The van der Waals surface area contributed by atoms with E-state index in [0.29, 0.717) is 6.61 Å². The predicted molar refractivity (Wildman–Crippen MR) is 74.2 cm³/mol. The number of methoxy groups -OCH3 is 1. The van der Waals surface area contributed by atoms with Gasteiger partial charge >= 0.3 is 0 Å². The van der Waals surface area contributed by atoms with Gasteiger partial charge in [-0.1, -0.05) is 26.0 Å². The van der Waals surface area contributed by atoms with Crippen molar-refractivity contribution >= 4 is 11.6 Å². The molecule has 18 heavy (non-hydrogen) atoms.